The second kappa shape index (κ2) is 9.09. The van der Waals surface area contributed by atoms with Crippen LogP contribution in [-0.4, -0.2) is 6.21 Å². The maximum absolute atomic E-state index is 4.93. The van der Waals surface area contributed by atoms with Crippen molar-refractivity contribution in [2.75, 3.05) is 5.43 Å². The van der Waals surface area contributed by atoms with Gasteiger partial charge in [-0.05, 0) is 135 Å². The molecule has 9 atom stereocenters. The van der Waals surface area contributed by atoms with Gasteiger partial charge in [-0.2, -0.15) is 5.10 Å². The second-order valence-corrected chi connectivity index (χ2v) is 16.0. The molecule has 1 N–H and O–H groups in total. The van der Waals surface area contributed by atoms with Gasteiger partial charge < -0.3 is 0 Å². The minimum atomic E-state index is 0.199. The number of hydrogen-bond donors (Lipinski definition) is 1. The molecule has 0 saturated heterocycles. The number of anilines is 1. The zero-order valence-corrected chi connectivity index (χ0v) is 25.8. The Kier molecular flexibility index (Phi) is 6.37. The summed E-state index contributed by atoms with van der Waals surface area (Å²) in [4.78, 5) is 0. The fourth-order valence-corrected chi connectivity index (χ4v) is 12.1. The van der Waals surface area contributed by atoms with Crippen LogP contribution in [-0.2, 0) is 0 Å². The van der Waals surface area contributed by atoms with Gasteiger partial charge in [0.25, 0.3) is 0 Å². The van der Waals surface area contributed by atoms with Crippen LogP contribution in [0.3, 0.4) is 0 Å². The highest BCUT2D eigenvalue weighted by molar-refractivity contribution is 5.69. The van der Waals surface area contributed by atoms with Gasteiger partial charge in [-0.25, -0.2) is 0 Å². The maximum atomic E-state index is 4.93. The van der Waals surface area contributed by atoms with E-state index in [-0.39, 0.29) is 10.8 Å². The van der Waals surface area contributed by atoms with Crippen molar-refractivity contribution >= 4 is 11.9 Å². The fourth-order valence-electron chi connectivity index (χ4n) is 12.1. The molecule has 0 aliphatic heterocycles. The standard InChI is InChI=1S/C37H54N2/c1-25(2)28-17-21-37(24-38-39-27-12-10-9-11-13-27)23-22-35(7)29(32(28)37)14-15-31-34(6)19-16-26(3)33(4,5)30(34)18-20-36(31,35)8/h9-13,24,28-32,39H,1,3,14-23H2,2,4-8H3/t28?,29-,30+,31-,32?,34+,35-,36-,37?/m1/s1. The minimum Gasteiger partial charge on any atom is -0.279 e. The van der Waals surface area contributed by atoms with E-state index in [0.717, 1.165) is 23.4 Å². The highest BCUT2D eigenvalue weighted by Gasteiger charge is 2.70. The molecule has 0 radical (unpaired) electrons. The van der Waals surface area contributed by atoms with E-state index in [0.29, 0.717) is 28.1 Å². The molecule has 6 rings (SSSR count). The van der Waals surface area contributed by atoms with Crippen molar-refractivity contribution in [3.8, 4) is 0 Å². The number of hydrogen-bond acceptors (Lipinski definition) is 2. The van der Waals surface area contributed by atoms with E-state index in [1.54, 1.807) is 0 Å². The zero-order valence-electron chi connectivity index (χ0n) is 25.8. The van der Waals surface area contributed by atoms with E-state index in [1.165, 1.54) is 75.4 Å². The first-order chi connectivity index (χ1) is 18.4. The number of nitrogens with zero attached hydrogens (tertiary/aromatic N) is 1. The molecule has 5 fully saturated rings. The van der Waals surface area contributed by atoms with Gasteiger partial charge in [0.1, 0.15) is 0 Å². The molecule has 0 spiro atoms. The zero-order chi connectivity index (χ0) is 27.8. The van der Waals surface area contributed by atoms with Crippen LogP contribution in [0.2, 0.25) is 0 Å². The molecule has 0 heterocycles. The lowest BCUT2D eigenvalue weighted by molar-refractivity contribution is -0.225. The molecule has 212 valence electrons. The third-order valence-corrected chi connectivity index (χ3v) is 14.4. The van der Waals surface area contributed by atoms with Gasteiger partial charge in [0.2, 0.25) is 0 Å². The monoisotopic (exact) mass is 526 g/mol. The largest absolute Gasteiger partial charge is 0.279 e. The summed E-state index contributed by atoms with van der Waals surface area (Å²) >= 11 is 0. The van der Waals surface area contributed by atoms with Crippen molar-refractivity contribution in [2.45, 2.75) is 106 Å². The van der Waals surface area contributed by atoms with Crippen LogP contribution in [0, 0.1) is 56.7 Å². The molecule has 0 aromatic heterocycles. The quantitative estimate of drug-likeness (QED) is 0.235. The number of allylic oxidation sites excluding steroid dienone is 2. The van der Waals surface area contributed by atoms with Gasteiger partial charge in [-0.15, -0.1) is 0 Å². The molecule has 39 heavy (non-hydrogen) atoms. The Morgan fingerprint density at radius 3 is 2.33 bits per heavy atom. The summed E-state index contributed by atoms with van der Waals surface area (Å²) in [5.41, 5.74) is 9.05. The third-order valence-electron chi connectivity index (χ3n) is 14.4. The van der Waals surface area contributed by atoms with Crippen molar-refractivity contribution in [1.29, 1.82) is 0 Å². The van der Waals surface area contributed by atoms with Crippen molar-refractivity contribution in [1.82, 2.24) is 0 Å². The van der Waals surface area contributed by atoms with E-state index >= 15 is 0 Å². The molecular weight excluding hydrogens is 472 g/mol. The van der Waals surface area contributed by atoms with Gasteiger partial charge in [0, 0.05) is 11.6 Å². The predicted octanol–water partition coefficient (Wildman–Crippen LogP) is 10.3. The highest BCUT2D eigenvalue weighted by Crippen LogP contribution is 2.77. The van der Waals surface area contributed by atoms with Crippen LogP contribution in [0.15, 0.2) is 59.7 Å². The molecule has 5 aliphatic rings. The molecule has 2 nitrogen and oxygen atoms in total. The van der Waals surface area contributed by atoms with Gasteiger partial charge >= 0.3 is 0 Å². The second-order valence-electron chi connectivity index (χ2n) is 16.0. The number of rotatable bonds is 4. The molecule has 1 aromatic rings. The number of para-hydroxylation sites is 1. The summed E-state index contributed by atoms with van der Waals surface area (Å²) in [7, 11) is 0. The molecule has 5 aliphatic carbocycles. The third kappa shape index (κ3) is 3.75. The molecule has 0 bridgehead atoms. The lowest BCUT2D eigenvalue weighted by Crippen LogP contribution is -2.65. The summed E-state index contributed by atoms with van der Waals surface area (Å²) in [5, 5.41) is 4.93. The van der Waals surface area contributed by atoms with Gasteiger partial charge in [-0.1, -0.05) is 77.1 Å². The van der Waals surface area contributed by atoms with Crippen molar-refractivity contribution in [3.63, 3.8) is 0 Å². The van der Waals surface area contributed by atoms with E-state index in [1.807, 2.05) is 0 Å². The number of hydrazone groups is 1. The van der Waals surface area contributed by atoms with Gasteiger partial charge in [0.05, 0.1) is 5.69 Å². The number of benzene rings is 1. The lowest BCUT2D eigenvalue weighted by atomic mass is 9.32. The predicted molar refractivity (Wildman–Crippen MR) is 167 cm³/mol. The molecule has 5 saturated carbocycles. The lowest BCUT2D eigenvalue weighted by Gasteiger charge is -2.72. The molecule has 1 aromatic carbocycles. The summed E-state index contributed by atoms with van der Waals surface area (Å²) in [6.45, 7) is 24.7. The SMILES string of the molecule is C=C(C)C1CCC2(C=NNc3ccccc3)CC[C@]3(C)[C@H](CC[C@@H]4[C@@]5(C)CCC(=C)C(C)(C)[C@@H]5CC[C@]43C)C12. The first-order valence-corrected chi connectivity index (χ1v) is 16.1. The molecule has 3 unspecified atom stereocenters. The Hall–Kier alpha value is -1.83. The Bertz CT molecular complexity index is 1160. The van der Waals surface area contributed by atoms with E-state index in [2.05, 4.69) is 96.7 Å². The maximum Gasteiger partial charge on any atom is 0.0561 e. The van der Waals surface area contributed by atoms with Crippen LogP contribution < -0.4 is 5.43 Å². The van der Waals surface area contributed by atoms with Crippen LogP contribution >= 0.6 is 0 Å². The summed E-state index contributed by atoms with van der Waals surface area (Å²) < 4.78 is 0. The first kappa shape index (κ1) is 27.3. The normalized spacial score (nSPS) is 46.6. The minimum absolute atomic E-state index is 0.199. The Balaban J connectivity index is 1.35. The average molecular weight is 527 g/mol. The van der Waals surface area contributed by atoms with Crippen LogP contribution in [0.4, 0.5) is 5.69 Å². The summed E-state index contributed by atoms with van der Waals surface area (Å²) in [6.07, 6.45) is 15.7. The molecule has 2 heteroatoms. The summed E-state index contributed by atoms with van der Waals surface area (Å²) in [6, 6.07) is 10.4. The molecular formula is C37H54N2. The van der Waals surface area contributed by atoms with Gasteiger partial charge in [0.15, 0.2) is 0 Å². The highest BCUT2D eigenvalue weighted by atomic mass is 15.3. The summed E-state index contributed by atoms with van der Waals surface area (Å²) in [5.74, 6) is 3.65. The van der Waals surface area contributed by atoms with Crippen molar-refractivity contribution in [3.05, 3.63) is 54.6 Å². The van der Waals surface area contributed by atoms with Crippen LogP contribution in [0.1, 0.15) is 106 Å². The van der Waals surface area contributed by atoms with E-state index < -0.39 is 0 Å². The van der Waals surface area contributed by atoms with E-state index in [4.69, 9.17) is 5.10 Å². The smallest absolute Gasteiger partial charge is 0.0561 e. The number of fused-ring (bicyclic) bond motifs is 7. The Morgan fingerprint density at radius 1 is 0.872 bits per heavy atom. The molecule has 0 amide bonds. The Morgan fingerprint density at radius 2 is 1.62 bits per heavy atom. The van der Waals surface area contributed by atoms with Crippen LogP contribution in [0.25, 0.3) is 0 Å². The number of nitrogens with one attached hydrogen (secondary N) is 1. The fraction of sp³-hybridized carbons (Fsp3) is 0.703. The Labute approximate surface area is 239 Å². The van der Waals surface area contributed by atoms with Crippen molar-refractivity contribution < 1.29 is 0 Å². The first-order valence-electron chi connectivity index (χ1n) is 16.1. The van der Waals surface area contributed by atoms with Crippen LogP contribution in [0.5, 0.6) is 0 Å². The average Bonchev–Trinajstić information content (AvgIpc) is 3.28. The van der Waals surface area contributed by atoms with Crippen molar-refractivity contribution in [2.24, 2.45) is 61.8 Å². The van der Waals surface area contributed by atoms with Gasteiger partial charge in [-0.3, -0.25) is 5.43 Å². The topological polar surface area (TPSA) is 24.4 Å². The van der Waals surface area contributed by atoms with E-state index in [9.17, 15) is 0 Å².